The lowest BCUT2D eigenvalue weighted by atomic mass is 10.1. The number of halogens is 1. The van der Waals surface area contributed by atoms with Crippen LogP contribution < -0.4 is 9.64 Å². The van der Waals surface area contributed by atoms with Crippen LogP contribution in [0.5, 0.6) is 5.75 Å². The van der Waals surface area contributed by atoms with Crippen LogP contribution in [0.15, 0.2) is 35.7 Å². The van der Waals surface area contributed by atoms with Crippen LogP contribution in [-0.2, 0) is 0 Å². The summed E-state index contributed by atoms with van der Waals surface area (Å²) in [4.78, 5) is 9.90. The van der Waals surface area contributed by atoms with Crippen LogP contribution >= 0.6 is 22.9 Å². The molecule has 4 rings (SSSR count). The third kappa shape index (κ3) is 4.67. The van der Waals surface area contributed by atoms with Gasteiger partial charge in [0.25, 0.3) is 0 Å². The van der Waals surface area contributed by atoms with E-state index in [2.05, 4.69) is 34.2 Å². The number of pyridine rings is 1. The highest BCUT2D eigenvalue weighted by atomic mass is 35.5. The summed E-state index contributed by atoms with van der Waals surface area (Å²) in [6.07, 6.45) is 0. The third-order valence-electron chi connectivity index (χ3n) is 5.11. The van der Waals surface area contributed by atoms with Crippen LogP contribution in [0.3, 0.4) is 0 Å². The van der Waals surface area contributed by atoms with Crippen LogP contribution in [0.1, 0.15) is 14.4 Å². The number of piperazine rings is 1. The molecule has 1 aromatic carbocycles. The molecule has 7 heteroatoms. The zero-order chi connectivity index (χ0) is 19.5. The van der Waals surface area contributed by atoms with Crippen molar-refractivity contribution in [1.29, 1.82) is 0 Å². The number of anilines is 1. The Hall–Kier alpha value is -1.86. The maximum atomic E-state index is 8.93. The van der Waals surface area contributed by atoms with Gasteiger partial charge in [0.05, 0.1) is 22.0 Å². The highest BCUT2D eigenvalue weighted by Crippen LogP contribution is 2.36. The molecule has 1 saturated heterocycles. The summed E-state index contributed by atoms with van der Waals surface area (Å²) in [7, 11) is 0. The van der Waals surface area contributed by atoms with Crippen molar-refractivity contribution in [2.24, 2.45) is 0 Å². The minimum atomic E-state index is -0.0386. The first-order valence-electron chi connectivity index (χ1n) is 9.58. The molecule has 3 heterocycles. The van der Waals surface area contributed by atoms with E-state index in [0.29, 0.717) is 10.8 Å². The smallest absolute Gasteiger partial charge is 0.147 e. The van der Waals surface area contributed by atoms with E-state index in [0.717, 1.165) is 49.8 Å². The van der Waals surface area contributed by atoms with Gasteiger partial charge in [-0.2, -0.15) is 0 Å². The Bertz CT molecular complexity index is 954. The standard InChI is InChI=1S/C21H24ClN3O2S.CH4/c1-2-24-6-8-25(9-7-24)21-20-16(5-12-28-20)14-18(23-21)15-3-4-19(17(22)13-15)27-11-10-26;/h3-5,12-14,26H,2,6-11H2,1H3;1H4. The van der Waals surface area contributed by atoms with Crippen molar-refractivity contribution >= 4 is 38.8 Å². The number of aliphatic hydroxyl groups excluding tert-OH is 1. The van der Waals surface area contributed by atoms with E-state index in [-0.39, 0.29) is 20.6 Å². The molecule has 0 bridgehead atoms. The summed E-state index contributed by atoms with van der Waals surface area (Å²) < 4.78 is 6.70. The molecule has 0 unspecified atom stereocenters. The molecule has 3 aromatic rings. The fourth-order valence-corrected chi connectivity index (χ4v) is 4.66. The van der Waals surface area contributed by atoms with E-state index in [1.165, 1.54) is 10.1 Å². The van der Waals surface area contributed by atoms with Gasteiger partial charge in [0, 0.05) is 31.7 Å². The number of aromatic nitrogens is 1. The quantitative estimate of drug-likeness (QED) is 0.607. The molecule has 1 aliphatic rings. The Labute approximate surface area is 181 Å². The SMILES string of the molecule is C.CCN1CCN(c2nc(-c3ccc(OCCO)c(Cl)c3)cc3ccsc23)CC1. The summed E-state index contributed by atoms with van der Waals surface area (Å²) >= 11 is 8.13. The van der Waals surface area contributed by atoms with E-state index in [1.807, 2.05) is 18.2 Å². The zero-order valence-electron chi connectivity index (χ0n) is 15.9. The Morgan fingerprint density at radius 1 is 1.17 bits per heavy atom. The average molecular weight is 434 g/mol. The number of rotatable bonds is 6. The summed E-state index contributed by atoms with van der Waals surface area (Å²) in [6.45, 7) is 7.62. The van der Waals surface area contributed by atoms with Gasteiger partial charge >= 0.3 is 0 Å². The molecule has 0 atom stereocenters. The molecule has 0 saturated carbocycles. The summed E-state index contributed by atoms with van der Waals surface area (Å²) in [6, 6.07) is 9.97. The van der Waals surface area contributed by atoms with Gasteiger partial charge in [0.1, 0.15) is 18.2 Å². The predicted molar refractivity (Wildman–Crippen MR) is 124 cm³/mol. The van der Waals surface area contributed by atoms with Crippen molar-refractivity contribution in [1.82, 2.24) is 9.88 Å². The van der Waals surface area contributed by atoms with Gasteiger partial charge in [-0.3, -0.25) is 0 Å². The first-order valence-corrected chi connectivity index (χ1v) is 10.8. The number of thiophene rings is 1. The molecule has 156 valence electrons. The largest absolute Gasteiger partial charge is 0.490 e. The number of nitrogens with zero attached hydrogens (tertiary/aromatic N) is 3. The lowest BCUT2D eigenvalue weighted by Crippen LogP contribution is -2.46. The Morgan fingerprint density at radius 2 is 1.97 bits per heavy atom. The van der Waals surface area contributed by atoms with Crippen LogP contribution in [0.2, 0.25) is 5.02 Å². The van der Waals surface area contributed by atoms with E-state index >= 15 is 0 Å². The minimum Gasteiger partial charge on any atom is -0.490 e. The van der Waals surface area contributed by atoms with Crippen molar-refractivity contribution in [2.45, 2.75) is 14.4 Å². The second-order valence-corrected chi connectivity index (χ2v) is 8.13. The molecule has 1 fully saturated rings. The minimum absolute atomic E-state index is 0. The molecule has 0 aliphatic carbocycles. The molecule has 1 N–H and O–H groups in total. The Balaban J connectivity index is 0.00000240. The summed E-state index contributed by atoms with van der Waals surface area (Å²) in [5.74, 6) is 1.64. The van der Waals surface area contributed by atoms with Gasteiger partial charge < -0.3 is 19.6 Å². The maximum Gasteiger partial charge on any atom is 0.147 e. The molecule has 29 heavy (non-hydrogen) atoms. The van der Waals surface area contributed by atoms with Crippen LogP contribution in [-0.4, -0.2) is 60.9 Å². The number of fused-ring (bicyclic) bond motifs is 1. The number of ether oxygens (including phenoxy) is 1. The maximum absolute atomic E-state index is 8.93. The second kappa shape index (κ2) is 9.76. The van der Waals surface area contributed by atoms with E-state index < -0.39 is 0 Å². The van der Waals surface area contributed by atoms with Crippen molar-refractivity contribution in [3.8, 4) is 17.0 Å². The van der Waals surface area contributed by atoms with Crippen molar-refractivity contribution in [3.05, 3.63) is 40.7 Å². The van der Waals surface area contributed by atoms with Crippen molar-refractivity contribution < 1.29 is 9.84 Å². The first kappa shape index (κ1) is 21.8. The molecule has 2 aromatic heterocycles. The molecular weight excluding hydrogens is 406 g/mol. The van der Waals surface area contributed by atoms with Crippen LogP contribution in [0, 0.1) is 0 Å². The van der Waals surface area contributed by atoms with E-state index in [4.69, 9.17) is 26.4 Å². The summed E-state index contributed by atoms with van der Waals surface area (Å²) in [5, 5.41) is 12.8. The third-order valence-corrected chi connectivity index (χ3v) is 6.33. The predicted octanol–water partition coefficient (Wildman–Crippen LogP) is 4.77. The normalized spacial score (nSPS) is 14.8. The fourth-order valence-electron chi connectivity index (χ4n) is 3.53. The number of hydrogen-bond donors (Lipinski definition) is 1. The average Bonchev–Trinajstić information content (AvgIpc) is 3.21. The molecule has 0 spiro atoms. The zero-order valence-corrected chi connectivity index (χ0v) is 17.5. The van der Waals surface area contributed by atoms with Crippen molar-refractivity contribution in [3.63, 3.8) is 0 Å². The van der Waals surface area contributed by atoms with Gasteiger partial charge in [0.2, 0.25) is 0 Å². The van der Waals surface area contributed by atoms with E-state index in [1.54, 1.807) is 11.3 Å². The van der Waals surface area contributed by atoms with Gasteiger partial charge in [-0.1, -0.05) is 26.0 Å². The number of benzene rings is 1. The lowest BCUT2D eigenvalue weighted by molar-refractivity contribution is 0.201. The lowest BCUT2D eigenvalue weighted by Gasteiger charge is -2.35. The highest BCUT2D eigenvalue weighted by molar-refractivity contribution is 7.17. The number of likely N-dealkylation sites (N-methyl/N-ethyl adjacent to an activating group) is 1. The summed E-state index contributed by atoms with van der Waals surface area (Å²) in [5.41, 5.74) is 1.87. The first-order chi connectivity index (χ1) is 13.7. The Kier molecular flexibility index (Phi) is 7.35. The topological polar surface area (TPSA) is 48.8 Å². The molecule has 5 nitrogen and oxygen atoms in total. The molecule has 0 amide bonds. The fraction of sp³-hybridized carbons (Fsp3) is 0.409. The van der Waals surface area contributed by atoms with Crippen LogP contribution in [0.25, 0.3) is 21.3 Å². The van der Waals surface area contributed by atoms with Gasteiger partial charge in [-0.25, -0.2) is 4.98 Å². The van der Waals surface area contributed by atoms with E-state index in [9.17, 15) is 0 Å². The van der Waals surface area contributed by atoms with Gasteiger partial charge in [-0.05, 0) is 47.6 Å². The number of aliphatic hydroxyl groups is 1. The number of hydrogen-bond acceptors (Lipinski definition) is 6. The highest BCUT2D eigenvalue weighted by Gasteiger charge is 2.20. The second-order valence-electron chi connectivity index (χ2n) is 6.81. The van der Waals surface area contributed by atoms with Gasteiger partial charge in [-0.15, -0.1) is 11.3 Å². The molecule has 0 radical (unpaired) electrons. The Morgan fingerprint density at radius 3 is 2.66 bits per heavy atom. The monoisotopic (exact) mass is 433 g/mol. The molecule has 1 aliphatic heterocycles. The van der Waals surface area contributed by atoms with Gasteiger partial charge in [0.15, 0.2) is 0 Å². The molecular formula is C22H28ClN3O2S. The van der Waals surface area contributed by atoms with Crippen molar-refractivity contribution in [2.75, 3.05) is 50.8 Å². The van der Waals surface area contributed by atoms with Crippen LogP contribution in [0.4, 0.5) is 5.82 Å².